The molecule has 4 rings (SSSR count). The lowest BCUT2D eigenvalue weighted by Crippen LogP contribution is -2.18. The van der Waals surface area contributed by atoms with Crippen molar-refractivity contribution in [2.24, 2.45) is 0 Å². The first-order valence-corrected chi connectivity index (χ1v) is 9.14. The number of carboxylic acids is 1. The molecule has 0 aromatic heterocycles. The summed E-state index contributed by atoms with van der Waals surface area (Å²) in [6.07, 6.45) is -1.25. The van der Waals surface area contributed by atoms with E-state index in [1.54, 1.807) is 36.4 Å². The summed E-state index contributed by atoms with van der Waals surface area (Å²) in [4.78, 5) is 11.7. The van der Waals surface area contributed by atoms with Gasteiger partial charge in [-0.05, 0) is 29.8 Å². The summed E-state index contributed by atoms with van der Waals surface area (Å²) in [5, 5.41) is 19.0. The number of hydrogen-bond donors (Lipinski definition) is 1. The fourth-order valence-electron chi connectivity index (χ4n) is 3.00. The topological polar surface area (TPSA) is 98.0 Å². The van der Waals surface area contributed by atoms with Crippen molar-refractivity contribution in [2.45, 2.75) is 12.7 Å². The molecule has 1 atom stereocenters. The van der Waals surface area contributed by atoms with Crippen LogP contribution in [0, 0.1) is 11.3 Å². The first kappa shape index (κ1) is 19.2. The van der Waals surface area contributed by atoms with Gasteiger partial charge >= 0.3 is 5.97 Å². The van der Waals surface area contributed by atoms with Gasteiger partial charge in [0.2, 0.25) is 12.9 Å². The molecule has 0 saturated carbocycles. The molecule has 3 aromatic carbocycles. The Balaban J connectivity index is 1.53. The van der Waals surface area contributed by atoms with Gasteiger partial charge < -0.3 is 24.1 Å². The number of benzene rings is 3. The Labute approximate surface area is 172 Å². The highest BCUT2D eigenvalue weighted by Crippen LogP contribution is 2.33. The number of nitriles is 1. The summed E-state index contributed by atoms with van der Waals surface area (Å²) in [5.74, 6) is 0.771. The van der Waals surface area contributed by atoms with Gasteiger partial charge in [-0.3, -0.25) is 0 Å². The zero-order valence-corrected chi connectivity index (χ0v) is 15.8. The van der Waals surface area contributed by atoms with Gasteiger partial charge in [-0.1, -0.05) is 36.4 Å². The lowest BCUT2D eigenvalue weighted by atomic mass is 10.1. The Kier molecular flexibility index (Phi) is 5.39. The molecular weight excluding hydrogens is 386 g/mol. The fraction of sp³-hybridized carbons (Fsp3) is 0.130. The number of hydrogen-bond acceptors (Lipinski definition) is 6. The second kappa shape index (κ2) is 8.45. The van der Waals surface area contributed by atoms with Gasteiger partial charge in [0.1, 0.15) is 24.2 Å². The third-order valence-corrected chi connectivity index (χ3v) is 4.49. The average molecular weight is 403 g/mol. The largest absolute Gasteiger partial charge is 0.489 e. The molecule has 1 aliphatic rings. The summed E-state index contributed by atoms with van der Waals surface area (Å²) < 4.78 is 22.2. The van der Waals surface area contributed by atoms with Crippen molar-refractivity contribution in [3.63, 3.8) is 0 Å². The van der Waals surface area contributed by atoms with E-state index in [-0.39, 0.29) is 24.7 Å². The van der Waals surface area contributed by atoms with Gasteiger partial charge in [0, 0.05) is 11.6 Å². The van der Waals surface area contributed by atoms with Crippen LogP contribution in [0.5, 0.6) is 23.0 Å². The van der Waals surface area contributed by atoms with Crippen LogP contribution in [0.25, 0.3) is 0 Å². The zero-order chi connectivity index (χ0) is 20.9. The number of aliphatic carboxylic acids is 1. The number of carbonyl (C=O) groups is 1. The number of carboxylic acid groups (broad SMARTS) is 1. The van der Waals surface area contributed by atoms with E-state index in [9.17, 15) is 15.2 Å². The van der Waals surface area contributed by atoms with E-state index in [1.807, 2.05) is 24.3 Å². The smallest absolute Gasteiger partial charge is 0.349 e. The van der Waals surface area contributed by atoms with Crippen LogP contribution in [0.3, 0.4) is 0 Å². The van der Waals surface area contributed by atoms with E-state index in [2.05, 4.69) is 0 Å². The Morgan fingerprint density at radius 2 is 1.87 bits per heavy atom. The Hall–Kier alpha value is -4.18. The highest BCUT2D eigenvalue weighted by Gasteiger charge is 2.23. The number of fused-ring (bicyclic) bond motifs is 1. The lowest BCUT2D eigenvalue weighted by Gasteiger charge is -2.17. The van der Waals surface area contributed by atoms with Crippen LogP contribution in [-0.4, -0.2) is 17.9 Å². The minimum Gasteiger partial charge on any atom is -0.489 e. The van der Waals surface area contributed by atoms with Gasteiger partial charge in [0.15, 0.2) is 11.5 Å². The predicted octanol–water partition coefficient (Wildman–Crippen LogP) is 4.07. The standard InChI is InChI=1S/C23H17NO6/c24-12-17-7-8-18(27-13-15-6-9-19-21(10-15)29-14-28-19)11-20(17)30-22(23(25)26)16-4-2-1-3-5-16/h1-11,22H,13-14H2,(H,25,26). The minimum atomic E-state index is -1.25. The van der Waals surface area contributed by atoms with E-state index in [0.717, 1.165) is 5.56 Å². The van der Waals surface area contributed by atoms with E-state index in [1.165, 1.54) is 12.1 Å². The molecule has 1 N–H and O–H groups in total. The summed E-state index contributed by atoms with van der Waals surface area (Å²) in [5.41, 5.74) is 1.56. The third kappa shape index (κ3) is 4.13. The first-order valence-electron chi connectivity index (χ1n) is 9.14. The molecule has 1 heterocycles. The van der Waals surface area contributed by atoms with E-state index in [4.69, 9.17) is 18.9 Å². The molecule has 0 saturated heterocycles. The maximum Gasteiger partial charge on any atom is 0.349 e. The number of nitrogens with zero attached hydrogens (tertiary/aromatic N) is 1. The molecule has 0 fully saturated rings. The highest BCUT2D eigenvalue weighted by atomic mass is 16.7. The molecular formula is C23H17NO6. The molecule has 7 heteroatoms. The lowest BCUT2D eigenvalue weighted by molar-refractivity contribution is -0.145. The second-order valence-electron chi connectivity index (χ2n) is 6.49. The normalized spacial score (nSPS) is 12.6. The van der Waals surface area contributed by atoms with Crippen molar-refractivity contribution in [2.75, 3.05) is 6.79 Å². The number of ether oxygens (including phenoxy) is 4. The van der Waals surface area contributed by atoms with Crippen LogP contribution in [0.2, 0.25) is 0 Å². The van der Waals surface area contributed by atoms with E-state index < -0.39 is 12.1 Å². The van der Waals surface area contributed by atoms with Crippen molar-refractivity contribution in [3.05, 3.63) is 83.4 Å². The molecule has 0 aliphatic carbocycles. The van der Waals surface area contributed by atoms with Gasteiger partial charge in [0.25, 0.3) is 0 Å². The van der Waals surface area contributed by atoms with Gasteiger partial charge in [0.05, 0.1) is 5.56 Å². The average Bonchev–Trinajstić information content (AvgIpc) is 3.24. The molecule has 3 aromatic rings. The Morgan fingerprint density at radius 3 is 2.63 bits per heavy atom. The fourth-order valence-corrected chi connectivity index (χ4v) is 3.00. The maximum atomic E-state index is 11.7. The SMILES string of the molecule is N#Cc1ccc(OCc2ccc3c(c2)OCO3)cc1OC(C(=O)O)c1ccccc1. The molecule has 0 amide bonds. The van der Waals surface area contributed by atoms with Gasteiger partial charge in [-0.15, -0.1) is 0 Å². The summed E-state index contributed by atoms with van der Waals surface area (Å²) in [6.45, 7) is 0.450. The Morgan fingerprint density at radius 1 is 1.07 bits per heavy atom. The summed E-state index contributed by atoms with van der Waals surface area (Å²) in [7, 11) is 0. The first-order chi connectivity index (χ1) is 14.6. The molecule has 30 heavy (non-hydrogen) atoms. The minimum absolute atomic E-state index is 0.136. The molecule has 0 radical (unpaired) electrons. The van der Waals surface area contributed by atoms with Crippen LogP contribution in [0.1, 0.15) is 22.8 Å². The molecule has 0 bridgehead atoms. The van der Waals surface area contributed by atoms with E-state index in [0.29, 0.717) is 22.8 Å². The molecule has 1 unspecified atom stereocenters. The zero-order valence-electron chi connectivity index (χ0n) is 15.8. The van der Waals surface area contributed by atoms with Gasteiger partial charge in [-0.2, -0.15) is 5.26 Å². The molecule has 150 valence electrons. The monoisotopic (exact) mass is 403 g/mol. The van der Waals surface area contributed by atoms with Crippen molar-refractivity contribution >= 4 is 5.97 Å². The molecule has 0 spiro atoms. The van der Waals surface area contributed by atoms with Crippen LogP contribution in [0.4, 0.5) is 0 Å². The third-order valence-electron chi connectivity index (χ3n) is 4.49. The van der Waals surface area contributed by atoms with Crippen LogP contribution < -0.4 is 18.9 Å². The second-order valence-corrected chi connectivity index (χ2v) is 6.49. The van der Waals surface area contributed by atoms with Crippen molar-refractivity contribution in [1.29, 1.82) is 5.26 Å². The van der Waals surface area contributed by atoms with Crippen molar-refractivity contribution in [3.8, 4) is 29.1 Å². The maximum absolute atomic E-state index is 11.7. The quantitative estimate of drug-likeness (QED) is 0.635. The summed E-state index contributed by atoms with van der Waals surface area (Å²) >= 11 is 0. The van der Waals surface area contributed by atoms with Crippen LogP contribution in [-0.2, 0) is 11.4 Å². The van der Waals surface area contributed by atoms with Crippen LogP contribution in [0.15, 0.2) is 66.7 Å². The number of rotatable bonds is 7. The molecule has 1 aliphatic heterocycles. The Bertz CT molecular complexity index is 1110. The van der Waals surface area contributed by atoms with Crippen LogP contribution >= 0.6 is 0 Å². The molecule has 7 nitrogen and oxygen atoms in total. The van der Waals surface area contributed by atoms with Crippen molar-refractivity contribution in [1.82, 2.24) is 0 Å². The highest BCUT2D eigenvalue weighted by molar-refractivity contribution is 5.75. The van der Waals surface area contributed by atoms with Crippen molar-refractivity contribution < 1.29 is 28.8 Å². The predicted molar refractivity (Wildman–Crippen MR) is 106 cm³/mol. The van der Waals surface area contributed by atoms with E-state index >= 15 is 0 Å². The summed E-state index contributed by atoms with van der Waals surface area (Å²) in [6, 6.07) is 20.8. The van der Waals surface area contributed by atoms with Gasteiger partial charge in [-0.25, -0.2) is 4.79 Å².